The van der Waals surface area contributed by atoms with E-state index in [4.69, 9.17) is 9.84 Å². The van der Waals surface area contributed by atoms with Gasteiger partial charge in [-0.25, -0.2) is 0 Å². The van der Waals surface area contributed by atoms with Crippen molar-refractivity contribution in [2.75, 3.05) is 33.4 Å². The number of carbonyl (C=O) groups excluding carboxylic acids is 1. The number of nitrogens with zero attached hydrogens (tertiary/aromatic N) is 1. The van der Waals surface area contributed by atoms with Gasteiger partial charge in [-0.1, -0.05) is 0 Å². The van der Waals surface area contributed by atoms with Crippen molar-refractivity contribution in [1.29, 1.82) is 0 Å². The zero-order valence-electron chi connectivity index (χ0n) is 7.32. The first kappa shape index (κ1) is 9.48. The van der Waals surface area contributed by atoms with Gasteiger partial charge >= 0.3 is 0 Å². The van der Waals surface area contributed by atoms with Crippen molar-refractivity contribution in [2.24, 2.45) is 5.92 Å². The average Bonchev–Trinajstić information content (AvgIpc) is 2.52. The standard InChI is InChI=1S/C8H15NO3/c1-12-6-7-2-3-9(4-7)8(11)5-10/h7,10H,2-6H2,1H3. The molecule has 0 radical (unpaired) electrons. The number of rotatable bonds is 3. The number of methoxy groups -OCH3 is 1. The van der Waals surface area contributed by atoms with Gasteiger partial charge < -0.3 is 14.7 Å². The number of amides is 1. The van der Waals surface area contributed by atoms with Crippen LogP contribution in [0.4, 0.5) is 0 Å². The van der Waals surface area contributed by atoms with E-state index >= 15 is 0 Å². The molecule has 1 aliphatic heterocycles. The summed E-state index contributed by atoms with van der Waals surface area (Å²) >= 11 is 0. The maximum atomic E-state index is 11.0. The molecule has 0 saturated carbocycles. The summed E-state index contributed by atoms with van der Waals surface area (Å²) < 4.78 is 4.99. The Bertz CT molecular complexity index is 160. The lowest BCUT2D eigenvalue weighted by molar-refractivity contribution is -0.133. The van der Waals surface area contributed by atoms with E-state index in [0.29, 0.717) is 12.5 Å². The smallest absolute Gasteiger partial charge is 0.248 e. The Balaban J connectivity index is 2.30. The molecule has 0 aliphatic carbocycles. The third-order valence-electron chi connectivity index (χ3n) is 2.18. The molecule has 1 saturated heterocycles. The molecule has 1 unspecified atom stereocenters. The van der Waals surface area contributed by atoms with E-state index in [-0.39, 0.29) is 12.5 Å². The van der Waals surface area contributed by atoms with Crippen LogP contribution in [0.3, 0.4) is 0 Å². The van der Waals surface area contributed by atoms with Crippen molar-refractivity contribution in [3.63, 3.8) is 0 Å². The summed E-state index contributed by atoms with van der Waals surface area (Å²) in [6.07, 6.45) is 0.986. The summed E-state index contributed by atoms with van der Waals surface area (Å²) in [5.41, 5.74) is 0. The molecule has 4 heteroatoms. The number of aliphatic hydroxyl groups is 1. The lowest BCUT2D eigenvalue weighted by Crippen LogP contribution is -2.31. The Morgan fingerprint density at radius 1 is 1.75 bits per heavy atom. The molecule has 1 amide bonds. The number of likely N-dealkylation sites (tertiary alicyclic amines) is 1. The van der Waals surface area contributed by atoms with Gasteiger partial charge in [0.25, 0.3) is 0 Å². The summed E-state index contributed by atoms with van der Waals surface area (Å²) in [5, 5.41) is 8.59. The zero-order chi connectivity index (χ0) is 8.97. The van der Waals surface area contributed by atoms with Crippen molar-refractivity contribution in [2.45, 2.75) is 6.42 Å². The predicted octanol–water partition coefficient (Wildman–Crippen LogP) is -0.526. The SMILES string of the molecule is COCC1CCN(C(=O)CO)C1. The zero-order valence-corrected chi connectivity index (χ0v) is 7.32. The van der Waals surface area contributed by atoms with E-state index in [9.17, 15) is 4.79 Å². The first-order valence-electron chi connectivity index (χ1n) is 4.15. The largest absolute Gasteiger partial charge is 0.387 e. The van der Waals surface area contributed by atoms with E-state index in [1.165, 1.54) is 0 Å². The van der Waals surface area contributed by atoms with Crippen molar-refractivity contribution in [3.8, 4) is 0 Å². The Labute approximate surface area is 72.1 Å². The highest BCUT2D eigenvalue weighted by atomic mass is 16.5. The maximum absolute atomic E-state index is 11.0. The fourth-order valence-electron chi connectivity index (χ4n) is 1.53. The molecule has 0 aromatic rings. The molecule has 70 valence electrons. The van der Waals surface area contributed by atoms with Crippen LogP contribution in [0.25, 0.3) is 0 Å². The Morgan fingerprint density at radius 3 is 3.08 bits per heavy atom. The van der Waals surface area contributed by atoms with Gasteiger partial charge in [-0.15, -0.1) is 0 Å². The molecular weight excluding hydrogens is 158 g/mol. The van der Waals surface area contributed by atoms with Crippen molar-refractivity contribution >= 4 is 5.91 Å². The highest BCUT2D eigenvalue weighted by Gasteiger charge is 2.25. The average molecular weight is 173 g/mol. The summed E-state index contributed by atoms with van der Waals surface area (Å²) in [7, 11) is 1.66. The molecule has 0 spiro atoms. The van der Waals surface area contributed by atoms with Crippen LogP contribution in [0.2, 0.25) is 0 Å². The second kappa shape index (κ2) is 4.42. The van der Waals surface area contributed by atoms with Gasteiger partial charge in [-0.2, -0.15) is 0 Å². The van der Waals surface area contributed by atoms with E-state index in [2.05, 4.69) is 0 Å². The van der Waals surface area contributed by atoms with Gasteiger partial charge in [0, 0.05) is 26.1 Å². The third kappa shape index (κ3) is 2.19. The summed E-state index contributed by atoms with van der Waals surface area (Å²) in [5.74, 6) is 0.277. The highest BCUT2D eigenvalue weighted by molar-refractivity contribution is 5.77. The molecule has 12 heavy (non-hydrogen) atoms. The van der Waals surface area contributed by atoms with Crippen molar-refractivity contribution in [1.82, 2.24) is 4.90 Å². The molecule has 1 fully saturated rings. The van der Waals surface area contributed by atoms with E-state index in [0.717, 1.165) is 19.5 Å². The molecule has 0 aromatic carbocycles. The van der Waals surface area contributed by atoms with E-state index in [1.807, 2.05) is 0 Å². The Hall–Kier alpha value is -0.610. The van der Waals surface area contributed by atoms with Crippen LogP contribution in [-0.4, -0.2) is 49.3 Å². The first-order chi connectivity index (χ1) is 5.77. The minimum atomic E-state index is -0.375. The molecule has 4 nitrogen and oxygen atoms in total. The molecule has 1 rings (SSSR count). The number of aliphatic hydroxyl groups excluding tert-OH is 1. The fraction of sp³-hybridized carbons (Fsp3) is 0.875. The molecule has 0 aromatic heterocycles. The third-order valence-corrected chi connectivity index (χ3v) is 2.18. The number of hydrogen-bond acceptors (Lipinski definition) is 3. The van der Waals surface area contributed by atoms with E-state index in [1.54, 1.807) is 12.0 Å². The van der Waals surface area contributed by atoms with Gasteiger partial charge in [0.1, 0.15) is 6.61 Å². The van der Waals surface area contributed by atoms with Crippen molar-refractivity contribution < 1.29 is 14.6 Å². The number of carbonyl (C=O) groups is 1. The number of ether oxygens (including phenoxy) is 1. The van der Waals surface area contributed by atoms with Crippen LogP contribution in [0.15, 0.2) is 0 Å². The molecule has 1 heterocycles. The summed E-state index contributed by atoms with van der Waals surface area (Å²) in [6, 6.07) is 0. The molecule has 1 atom stereocenters. The minimum Gasteiger partial charge on any atom is -0.387 e. The molecule has 0 bridgehead atoms. The maximum Gasteiger partial charge on any atom is 0.248 e. The van der Waals surface area contributed by atoms with Gasteiger partial charge in [0.15, 0.2) is 0 Å². The van der Waals surface area contributed by atoms with Crippen LogP contribution >= 0.6 is 0 Å². The second-order valence-electron chi connectivity index (χ2n) is 3.11. The van der Waals surface area contributed by atoms with Crippen LogP contribution in [0.5, 0.6) is 0 Å². The van der Waals surface area contributed by atoms with Crippen molar-refractivity contribution in [3.05, 3.63) is 0 Å². The van der Waals surface area contributed by atoms with Crippen LogP contribution < -0.4 is 0 Å². The quantitative estimate of drug-likeness (QED) is 0.624. The predicted molar refractivity (Wildman–Crippen MR) is 43.6 cm³/mol. The van der Waals surface area contributed by atoms with Crippen LogP contribution in [-0.2, 0) is 9.53 Å². The number of hydrogen-bond donors (Lipinski definition) is 1. The highest BCUT2D eigenvalue weighted by Crippen LogP contribution is 2.15. The molecular formula is C8H15NO3. The van der Waals surface area contributed by atoms with Gasteiger partial charge in [-0.05, 0) is 6.42 Å². The monoisotopic (exact) mass is 173 g/mol. The minimum absolute atomic E-state index is 0.173. The Morgan fingerprint density at radius 2 is 2.50 bits per heavy atom. The van der Waals surface area contributed by atoms with Gasteiger partial charge in [0.2, 0.25) is 5.91 Å². The molecule has 1 N–H and O–H groups in total. The van der Waals surface area contributed by atoms with Gasteiger partial charge in [0.05, 0.1) is 6.61 Å². The lowest BCUT2D eigenvalue weighted by Gasteiger charge is -2.14. The Kier molecular flexibility index (Phi) is 3.49. The fourth-order valence-corrected chi connectivity index (χ4v) is 1.53. The van der Waals surface area contributed by atoms with Gasteiger partial charge in [-0.3, -0.25) is 4.79 Å². The van der Waals surface area contributed by atoms with Crippen LogP contribution in [0.1, 0.15) is 6.42 Å². The first-order valence-corrected chi connectivity index (χ1v) is 4.15. The summed E-state index contributed by atoms with van der Waals surface area (Å²) in [6.45, 7) is 1.82. The van der Waals surface area contributed by atoms with E-state index < -0.39 is 0 Å². The normalized spacial score (nSPS) is 23.2. The molecule has 1 aliphatic rings. The lowest BCUT2D eigenvalue weighted by atomic mass is 10.1. The second-order valence-corrected chi connectivity index (χ2v) is 3.11. The summed E-state index contributed by atoms with van der Waals surface area (Å²) in [4.78, 5) is 12.7. The topological polar surface area (TPSA) is 49.8 Å². The van der Waals surface area contributed by atoms with Crippen LogP contribution in [0, 0.1) is 5.92 Å².